The second kappa shape index (κ2) is 6.54. The van der Waals surface area contributed by atoms with Gasteiger partial charge in [-0.2, -0.15) is 0 Å². The van der Waals surface area contributed by atoms with Crippen LogP contribution in [0.2, 0.25) is 0 Å². The van der Waals surface area contributed by atoms with Crippen molar-refractivity contribution in [2.24, 2.45) is 5.73 Å². The number of hydrogen-bond donors (Lipinski definition) is 3. The maximum absolute atomic E-state index is 12.2. The number of carbonyl (C=O) groups is 1. The monoisotopic (exact) mass is 275 g/mol. The van der Waals surface area contributed by atoms with Crippen molar-refractivity contribution in [2.75, 3.05) is 19.7 Å². The maximum atomic E-state index is 12.2. The number of nitrogens with zero attached hydrogens (tertiary/aromatic N) is 1. The molecule has 1 aromatic carbocycles. The van der Waals surface area contributed by atoms with Gasteiger partial charge in [-0.05, 0) is 25.0 Å². The minimum atomic E-state index is -0.583. The van der Waals surface area contributed by atoms with E-state index >= 15 is 0 Å². The van der Waals surface area contributed by atoms with Gasteiger partial charge in [0.1, 0.15) is 0 Å². The molecule has 5 nitrogen and oxygen atoms in total. The highest BCUT2D eigenvalue weighted by Gasteiger charge is 2.20. The van der Waals surface area contributed by atoms with E-state index < -0.39 is 6.04 Å². The van der Waals surface area contributed by atoms with E-state index in [0.717, 1.165) is 16.5 Å². The Morgan fingerprint density at radius 2 is 2.20 bits per heavy atom. The summed E-state index contributed by atoms with van der Waals surface area (Å²) in [6.45, 7) is 2.73. The van der Waals surface area contributed by atoms with Crippen LogP contribution in [-0.2, 0) is 11.2 Å². The minimum absolute atomic E-state index is 0.0423. The SMILES string of the molecule is CCN(CCO)C(=O)C(N)Cc1c[nH]c2ccccc12. The Hall–Kier alpha value is -1.85. The third kappa shape index (κ3) is 3.00. The Morgan fingerprint density at radius 1 is 1.45 bits per heavy atom. The molecular formula is C15H21N3O2. The van der Waals surface area contributed by atoms with Crippen LogP contribution in [0.3, 0.4) is 0 Å². The fourth-order valence-corrected chi connectivity index (χ4v) is 2.40. The quantitative estimate of drug-likeness (QED) is 0.732. The first-order valence-electron chi connectivity index (χ1n) is 6.87. The number of likely N-dealkylation sites (N-methyl/N-ethyl adjacent to an activating group) is 1. The lowest BCUT2D eigenvalue weighted by Gasteiger charge is -2.23. The van der Waals surface area contributed by atoms with Crippen molar-refractivity contribution in [1.29, 1.82) is 0 Å². The average Bonchev–Trinajstić information content (AvgIpc) is 2.87. The molecule has 0 spiro atoms. The number of carbonyl (C=O) groups excluding carboxylic acids is 1. The van der Waals surface area contributed by atoms with Gasteiger partial charge in [-0.1, -0.05) is 18.2 Å². The van der Waals surface area contributed by atoms with Crippen LogP contribution in [0.4, 0.5) is 0 Å². The number of amides is 1. The number of hydrogen-bond acceptors (Lipinski definition) is 3. The molecule has 108 valence electrons. The first kappa shape index (κ1) is 14.6. The Morgan fingerprint density at radius 3 is 2.90 bits per heavy atom. The van der Waals surface area contributed by atoms with Crippen molar-refractivity contribution in [3.63, 3.8) is 0 Å². The predicted octanol–water partition coefficient (Wildman–Crippen LogP) is 0.879. The molecule has 0 bridgehead atoms. The standard InChI is InChI=1S/C15H21N3O2/c1-2-18(7-8-19)15(20)13(16)9-11-10-17-14-6-4-3-5-12(11)14/h3-6,10,13,17,19H,2,7-9,16H2,1H3. The molecule has 4 N–H and O–H groups in total. The molecule has 2 aromatic rings. The first-order chi connectivity index (χ1) is 9.67. The van der Waals surface area contributed by atoms with E-state index in [-0.39, 0.29) is 12.5 Å². The smallest absolute Gasteiger partial charge is 0.239 e. The molecule has 0 radical (unpaired) electrons. The summed E-state index contributed by atoms with van der Waals surface area (Å²) in [6.07, 6.45) is 2.39. The number of para-hydroxylation sites is 1. The Balaban J connectivity index is 2.11. The second-order valence-corrected chi connectivity index (χ2v) is 4.81. The molecule has 5 heteroatoms. The van der Waals surface area contributed by atoms with E-state index in [2.05, 4.69) is 4.98 Å². The van der Waals surface area contributed by atoms with Crippen molar-refractivity contribution in [2.45, 2.75) is 19.4 Å². The van der Waals surface area contributed by atoms with Crippen molar-refractivity contribution < 1.29 is 9.90 Å². The average molecular weight is 275 g/mol. The molecule has 0 saturated carbocycles. The number of nitrogens with one attached hydrogen (secondary N) is 1. The van der Waals surface area contributed by atoms with E-state index in [1.807, 2.05) is 37.4 Å². The summed E-state index contributed by atoms with van der Waals surface area (Å²) in [5.74, 6) is -0.119. The van der Waals surface area contributed by atoms with Gasteiger partial charge < -0.3 is 20.7 Å². The predicted molar refractivity (Wildman–Crippen MR) is 79.3 cm³/mol. The van der Waals surface area contributed by atoms with Gasteiger partial charge in [0.2, 0.25) is 5.91 Å². The Bertz CT molecular complexity index is 579. The zero-order valence-corrected chi connectivity index (χ0v) is 11.7. The molecule has 1 unspecified atom stereocenters. The van der Waals surface area contributed by atoms with Gasteiger partial charge in [-0.3, -0.25) is 4.79 Å². The van der Waals surface area contributed by atoms with Crippen LogP contribution in [0.1, 0.15) is 12.5 Å². The number of rotatable bonds is 6. The van der Waals surface area contributed by atoms with Gasteiger partial charge in [0.25, 0.3) is 0 Å². The van der Waals surface area contributed by atoms with Crippen LogP contribution in [0.15, 0.2) is 30.5 Å². The van der Waals surface area contributed by atoms with Crippen LogP contribution < -0.4 is 5.73 Å². The molecular weight excluding hydrogens is 254 g/mol. The molecule has 20 heavy (non-hydrogen) atoms. The van der Waals surface area contributed by atoms with Crippen molar-refractivity contribution in [3.8, 4) is 0 Å². The minimum Gasteiger partial charge on any atom is -0.395 e. The van der Waals surface area contributed by atoms with E-state index in [4.69, 9.17) is 10.8 Å². The van der Waals surface area contributed by atoms with Crippen LogP contribution in [-0.4, -0.2) is 46.6 Å². The number of fused-ring (bicyclic) bond motifs is 1. The molecule has 2 rings (SSSR count). The number of benzene rings is 1. The fourth-order valence-electron chi connectivity index (χ4n) is 2.40. The van der Waals surface area contributed by atoms with Gasteiger partial charge in [-0.25, -0.2) is 0 Å². The number of nitrogens with two attached hydrogens (primary N) is 1. The summed E-state index contributed by atoms with van der Waals surface area (Å²) in [6, 6.07) is 7.37. The maximum Gasteiger partial charge on any atom is 0.239 e. The Labute approximate surface area is 118 Å². The van der Waals surface area contributed by atoms with Gasteiger partial charge in [-0.15, -0.1) is 0 Å². The molecule has 1 aromatic heterocycles. The largest absolute Gasteiger partial charge is 0.395 e. The lowest BCUT2D eigenvalue weighted by atomic mass is 10.0. The third-order valence-electron chi connectivity index (χ3n) is 3.50. The molecule has 1 atom stereocenters. The van der Waals surface area contributed by atoms with Crippen LogP contribution >= 0.6 is 0 Å². The number of aliphatic hydroxyl groups excluding tert-OH is 1. The van der Waals surface area contributed by atoms with Gasteiger partial charge in [0.05, 0.1) is 12.6 Å². The number of aliphatic hydroxyl groups is 1. The number of aromatic nitrogens is 1. The summed E-state index contributed by atoms with van der Waals surface area (Å²) in [7, 11) is 0. The van der Waals surface area contributed by atoms with Gasteiger partial charge in [0.15, 0.2) is 0 Å². The molecule has 0 aliphatic rings. The van der Waals surface area contributed by atoms with Gasteiger partial charge in [0, 0.05) is 30.2 Å². The summed E-state index contributed by atoms with van der Waals surface area (Å²) in [5.41, 5.74) is 8.11. The van der Waals surface area contributed by atoms with E-state index in [1.165, 1.54) is 0 Å². The van der Waals surface area contributed by atoms with Crippen molar-refractivity contribution in [3.05, 3.63) is 36.0 Å². The molecule has 1 heterocycles. The molecule has 0 aliphatic heterocycles. The lowest BCUT2D eigenvalue weighted by Crippen LogP contribution is -2.45. The third-order valence-corrected chi connectivity index (χ3v) is 3.50. The molecule has 0 aliphatic carbocycles. The number of aromatic amines is 1. The highest BCUT2D eigenvalue weighted by molar-refractivity contribution is 5.86. The molecule has 1 amide bonds. The zero-order valence-electron chi connectivity index (χ0n) is 11.7. The first-order valence-corrected chi connectivity index (χ1v) is 6.87. The lowest BCUT2D eigenvalue weighted by molar-refractivity contribution is -0.132. The van der Waals surface area contributed by atoms with Crippen LogP contribution in [0, 0.1) is 0 Å². The summed E-state index contributed by atoms with van der Waals surface area (Å²) in [5, 5.41) is 10.1. The summed E-state index contributed by atoms with van der Waals surface area (Å²) >= 11 is 0. The molecule has 0 saturated heterocycles. The van der Waals surface area contributed by atoms with Crippen LogP contribution in [0.25, 0.3) is 10.9 Å². The molecule has 0 fully saturated rings. The summed E-state index contributed by atoms with van der Waals surface area (Å²) in [4.78, 5) is 17.0. The van der Waals surface area contributed by atoms with Crippen LogP contribution in [0.5, 0.6) is 0 Å². The highest BCUT2D eigenvalue weighted by Crippen LogP contribution is 2.19. The summed E-state index contributed by atoms with van der Waals surface area (Å²) < 4.78 is 0. The Kier molecular flexibility index (Phi) is 4.76. The van der Waals surface area contributed by atoms with Gasteiger partial charge >= 0.3 is 0 Å². The zero-order chi connectivity index (χ0) is 14.5. The van der Waals surface area contributed by atoms with E-state index in [9.17, 15) is 4.79 Å². The van der Waals surface area contributed by atoms with E-state index in [0.29, 0.717) is 19.5 Å². The highest BCUT2D eigenvalue weighted by atomic mass is 16.3. The normalized spacial score (nSPS) is 12.6. The van der Waals surface area contributed by atoms with Crippen molar-refractivity contribution >= 4 is 16.8 Å². The number of H-pyrrole nitrogens is 1. The fraction of sp³-hybridized carbons (Fsp3) is 0.400. The van der Waals surface area contributed by atoms with Crippen molar-refractivity contribution in [1.82, 2.24) is 9.88 Å². The second-order valence-electron chi connectivity index (χ2n) is 4.81. The topological polar surface area (TPSA) is 82.3 Å². The van der Waals surface area contributed by atoms with E-state index in [1.54, 1.807) is 4.90 Å².